The first kappa shape index (κ1) is 20.3. The molecule has 4 rings (SSSR count). The van der Waals surface area contributed by atoms with E-state index in [0.29, 0.717) is 5.82 Å². The molecule has 1 aliphatic carbocycles. The number of nitrogens with one attached hydrogen (secondary N) is 2. The Morgan fingerprint density at radius 2 is 1.77 bits per heavy atom. The van der Waals surface area contributed by atoms with E-state index >= 15 is 0 Å². The minimum absolute atomic E-state index is 0.0162. The van der Waals surface area contributed by atoms with E-state index in [2.05, 4.69) is 15.1 Å². The molecule has 0 radical (unpaired) electrons. The second-order valence-electron chi connectivity index (χ2n) is 7.31. The Hall–Kier alpha value is -2.97. The minimum Gasteiger partial charge on any atom is -0.309 e. The number of hydrogen-bond donors (Lipinski definition) is 2. The van der Waals surface area contributed by atoms with Gasteiger partial charge in [0.15, 0.2) is 5.82 Å². The number of aryl methyl sites for hydroxylation is 2. The van der Waals surface area contributed by atoms with Crippen LogP contribution in [0, 0.1) is 0 Å². The Bertz CT molecular complexity index is 1140. The summed E-state index contributed by atoms with van der Waals surface area (Å²) in [4.78, 5) is 12.4. The van der Waals surface area contributed by atoms with Gasteiger partial charge >= 0.3 is 0 Å². The van der Waals surface area contributed by atoms with E-state index in [1.165, 1.54) is 5.56 Å². The van der Waals surface area contributed by atoms with Crippen molar-refractivity contribution in [3.05, 3.63) is 71.9 Å². The summed E-state index contributed by atoms with van der Waals surface area (Å²) in [6.07, 6.45) is 5.92. The zero-order valence-corrected chi connectivity index (χ0v) is 17.4. The van der Waals surface area contributed by atoms with Gasteiger partial charge in [0.05, 0.1) is 10.6 Å². The summed E-state index contributed by atoms with van der Waals surface area (Å²) in [7, 11) is -3.64. The van der Waals surface area contributed by atoms with Crippen LogP contribution in [-0.4, -0.2) is 30.7 Å². The summed E-state index contributed by atoms with van der Waals surface area (Å²) in [5, 5.41) is 7.01. The molecule has 7 nitrogen and oxygen atoms in total. The third kappa shape index (κ3) is 4.77. The first-order valence-electron chi connectivity index (χ1n) is 10.0. The molecule has 1 aliphatic rings. The molecule has 0 saturated heterocycles. The lowest BCUT2D eigenvalue weighted by molar-refractivity contribution is -0.116. The van der Waals surface area contributed by atoms with Crippen molar-refractivity contribution >= 4 is 21.7 Å². The SMILES string of the molecule is O=C(CCNS(=O)(=O)c1ccc2c(c1)CCCC2)Nc1ccn(-c2ccccc2)n1. The van der Waals surface area contributed by atoms with Crippen LogP contribution in [0.2, 0.25) is 0 Å². The van der Waals surface area contributed by atoms with Crippen LogP contribution < -0.4 is 10.0 Å². The lowest BCUT2D eigenvalue weighted by Crippen LogP contribution is -2.28. The molecular weight excluding hydrogens is 400 g/mol. The zero-order valence-electron chi connectivity index (χ0n) is 16.5. The number of nitrogens with zero attached hydrogens (tertiary/aromatic N) is 2. The Morgan fingerprint density at radius 1 is 1.00 bits per heavy atom. The van der Waals surface area contributed by atoms with Gasteiger partial charge in [-0.2, -0.15) is 5.10 Å². The molecule has 3 aromatic rings. The van der Waals surface area contributed by atoms with Gasteiger partial charge in [-0.3, -0.25) is 4.79 Å². The van der Waals surface area contributed by atoms with Crippen LogP contribution in [0.3, 0.4) is 0 Å². The number of carbonyl (C=O) groups is 1. The summed E-state index contributed by atoms with van der Waals surface area (Å²) in [6.45, 7) is 0.0185. The van der Waals surface area contributed by atoms with Crippen molar-refractivity contribution in [1.29, 1.82) is 0 Å². The standard InChI is InChI=1S/C22H24N4O3S/c27-22(24-21-13-15-26(25-21)19-8-2-1-3-9-19)12-14-23-30(28,29)20-11-10-17-6-4-5-7-18(17)16-20/h1-3,8-11,13,15-16,23H,4-7,12,14H2,(H,24,25,27). The highest BCUT2D eigenvalue weighted by Crippen LogP contribution is 2.24. The number of para-hydroxylation sites is 1. The molecule has 1 heterocycles. The fourth-order valence-corrected chi connectivity index (χ4v) is 4.66. The van der Waals surface area contributed by atoms with Gasteiger partial charge in [-0.05, 0) is 61.1 Å². The fraction of sp³-hybridized carbons (Fsp3) is 0.273. The number of carbonyl (C=O) groups excluding carboxylic acids is 1. The molecule has 0 unspecified atom stereocenters. The first-order chi connectivity index (χ1) is 14.5. The molecule has 0 aliphatic heterocycles. The topological polar surface area (TPSA) is 93.1 Å². The average Bonchev–Trinajstić information content (AvgIpc) is 3.22. The molecule has 8 heteroatoms. The largest absolute Gasteiger partial charge is 0.309 e. The summed E-state index contributed by atoms with van der Waals surface area (Å²) >= 11 is 0. The summed E-state index contributed by atoms with van der Waals surface area (Å²) in [5.74, 6) is 0.114. The molecule has 156 valence electrons. The van der Waals surface area contributed by atoms with Gasteiger partial charge < -0.3 is 5.32 Å². The quantitative estimate of drug-likeness (QED) is 0.610. The van der Waals surface area contributed by atoms with Crippen molar-refractivity contribution in [2.75, 3.05) is 11.9 Å². The van der Waals surface area contributed by atoms with E-state index in [4.69, 9.17) is 0 Å². The van der Waals surface area contributed by atoms with Crippen LogP contribution in [0.1, 0.15) is 30.4 Å². The molecule has 0 bridgehead atoms. The lowest BCUT2D eigenvalue weighted by atomic mass is 9.92. The third-order valence-electron chi connectivity index (χ3n) is 5.15. The van der Waals surface area contributed by atoms with Gasteiger partial charge in [0, 0.05) is 25.2 Å². The average molecular weight is 425 g/mol. The maximum absolute atomic E-state index is 12.6. The highest BCUT2D eigenvalue weighted by molar-refractivity contribution is 7.89. The van der Waals surface area contributed by atoms with Crippen LogP contribution in [0.15, 0.2) is 65.7 Å². The second-order valence-corrected chi connectivity index (χ2v) is 9.08. The van der Waals surface area contributed by atoms with Crippen molar-refractivity contribution in [1.82, 2.24) is 14.5 Å². The number of sulfonamides is 1. The third-order valence-corrected chi connectivity index (χ3v) is 6.61. The van der Waals surface area contributed by atoms with Gasteiger partial charge in [-0.1, -0.05) is 24.3 Å². The summed E-state index contributed by atoms with van der Waals surface area (Å²) in [6, 6.07) is 16.5. The van der Waals surface area contributed by atoms with E-state index in [1.54, 1.807) is 29.1 Å². The molecule has 30 heavy (non-hydrogen) atoms. The van der Waals surface area contributed by atoms with Gasteiger partial charge in [0.1, 0.15) is 0 Å². The van der Waals surface area contributed by atoms with Gasteiger partial charge in [0.25, 0.3) is 0 Å². The molecule has 2 N–H and O–H groups in total. The number of benzene rings is 2. The maximum Gasteiger partial charge on any atom is 0.240 e. The Labute approximate surface area is 176 Å². The Balaban J connectivity index is 1.31. The predicted molar refractivity (Wildman–Crippen MR) is 115 cm³/mol. The molecule has 0 fully saturated rings. The van der Waals surface area contributed by atoms with Crippen molar-refractivity contribution in [2.24, 2.45) is 0 Å². The highest BCUT2D eigenvalue weighted by atomic mass is 32.2. The number of hydrogen-bond acceptors (Lipinski definition) is 4. The van der Waals surface area contributed by atoms with Crippen molar-refractivity contribution in [2.45, 2.75) is 37.0 Å². The zero-order chi connectivity index (χ0) is 21.0. The van der Waals surface area contributed by atoms with E-state index in [1.807, 2.05) is 36.4 Å². The van der Waals surface area contributed by atoms with Crippen LogP contribution >= 0.6 is 0 Å². The van der Waals surface area contributed by atoms with Crippen molar-refractivity contribution in [3.8, 4) is 5.69 Å². The number of anilines is 1. The first-order valence-corrected chi connectivity index (χ1v) is 11.5. The predicted octanol–water partition coefficient (Wildman–Crippen LogP) is 3.06. The van der Waals surface area contributed by atoms with Crippen LogP contribution in [0.4, 0.5) is 5.82 Å². The normalized spacial score (nSPS) is 13.6. The van der Waals surface area contributed by atoms with Crippen LogP contribution in [-0.2, 0) is 27.7 Å². The smallest absolute Gasteiger partial charge is 0.240 e. The molecular formula is C22H24N4O3S. The van der Waals surface area contributed by atoms with E-state index in [0.717, 1.165) is 36.9 Å². The van der Waals surface area contributed by atoms with E-state index < -0.39 is 10.0 Å². The monoisotopic (exact) mass is 424 g/mol. The number of rotatable bonds is 7. The summed E-state index contributed by atoms with van der Waals surface area (Å²) in [5.41, 5.74) is 3.22. The van der Waals surface area contributed by atoms with Crippen LogP contribution in [0.5, 0.6) is 0 Å². The Morgan fingerprint density at radius 3 is 2.57 bits per heavy atom. The fourth-order valence-electron chi connectivity index (χ4n) is 3.58. The molecule has 0 saturated carbocycles. The van der Waals surface area contributed by atoms with Gasteiger partial charge in [-0.25, -0.2) is 17.8 Å². The van der Waals surface area contributed by atoms with Gasteiger partial charge in [0.2, 0.25) is 15.9 Å². The second kappa shape index (κ2) is 8.81. The number of aromatic nitrogens is 2. The van der Waals surface area contributed by atoms with Crippen molar-refractivity contribution < 1.29 is 13.2 Å². The van der Waals surface area contributed by atoms with E-state index in [-0.39, 0.29) is 23.8 Å². The molecule has 2 aromatic carbocycles. The molecule has 1 aromatic heterocycles. The molecule has 0 atom stereocenters. The van der Waals surface area contributed by atoms with E-state index in [9.17, 15) is 13.2 Å². The number of amides is 1. The maximum atomic E-state index is 12.6. The number of fused-ring (bicyclic) bond motifs is 1. The molecule has 1 amide bonds. The Kier molecular flexibility index (Phi) is 5.96. The van der Waals surface area contributed by atoms with Crippen molar-refractivity contribution in [3.63, 3.8) is 0 Å². The minimum atomic E-state index is -3.64. The lowest BCUT2D eigenvalue weighted by Gasteiger charge is -2.16. The summed E-state index contributed by atoms with van der Waals surface area (Å²) < 4.78 is 29.3. The van der Waals surface area contributed by atoms with Gasteiger partial charge in [-0.15, -0.1) is 0 Å². The molecule has 0 spiro atoms. The highest BCUT2D eigenvalue weighted by Gasteiger charge is 2.18. The van der Waals surface area contributed by atoms with Crippen LogP contribution in [0.25, 0.3) is 5.69 Å².